The molecule has 1 aliphatic heterocycles. The van der Waals surface area contributed by atoms with Crippen molar-refractivity contribution in [3.8, 4) is 0 Å². The average molecular weight is 170 g/mol. The molecule has 70 valence electrons. The lowest BCUT2D eigenvalue weighted by atomic mass is 10.0. The van der Waals surface area contributed by atoms with Gasteiger partial charge in [-0.05, 0) is 38.2 Å². The summed E-state index contributed by atoms with van der Waals surface area (Å²) in [5, 5.41) is 0. The lowest BCUT2D eigenvalue weighted by Gasteiger charge is -2.22. The van der Waals surface area contributed by atoms with E-state index in [1.165, 1.54) is 24.8 Å². The highest BCUT2D eigenvalue weighted by Crippen LogP contribution is 2.18. The Kier molecular flexibility index (Phi) is 4.15. The molecule has 2 nitrogen and oxygen atoms in total. The quantitative estimate of drug-likeness (QED) is 0.606. The van der Waals surface area contributed by atoms with Gasteiger partial charge in [-0.1, -0.05) is 0 Å². The molecule has 1 fully saturated rings. The van der Waals surface area contributed by atoms with Crippen LogP contribution in [0.25, 0.3) is 0 Å². The summed E-state index contributed by atoms with van der Waals surface area (Å²) >= 11 is 0. The van der Waals surface area contributed by atoms with Crippen molar-refractivity contribution in [3.05, 3.63) is 11.8 Å². The molecule has 1 aliphatic rings. The summed E-state index contributed by atoms with van der Waals surface area (Å²) in [7, 11) is 1.69. The second kappa shape index (κ2) is 5.20. The third kappa shape index (κ3) is 3.26. The van der Waals surface area contributed by atoms with Gasteiger partial charge in [-0.15, -0.1) is 0 Å². The van der Waals surface area contributed by atoms with Gasteiger partial charge >= 0.3 is 0 Å². The van der Waals surface area contributed by atoms with E-state index in [1.807, 2.05) is 0 Å². The van der Waals surface area contributed by atoms with Crippen LogP contribution in [-0.2, 0) is 9.47 Å². The Morgan fingerprint density at radius 3 is 3.00 bits per heavy atom. The molecule has 0 amide bonds. The molecular formula is C10H18O2. The van der Waals surface area contributed by atoms with Crippen molar-refractivity contribution >= 4 is 0 Å². The Morgan fingerprint density at radius 2 is 2.42 bits per heavy atom. The zero-order valence-electron chi connectivity index (χ0n) is 8.01. The van der Waals surface area contributed by atoms with E-state index in [4.69, 9.17) is 9.47 Å². The Labute approximate surface area is 74.6 Å². The molecular weight excluding hydrogens is 152 g/mol. The Hall–Kier alpha value is -0.500. The second-order valence-electron chi connectivity index (χ2n) is 3.39. The van der Waals surface area contributed by atoms with Crippen LogP contribution in [0, 0.1) is 0 Å². The third-order valence-electron chi connectivity index (χ3n) is 2.14. The van der Waals surface area contributed by atoms with Crippen molar-refractivity contribution in [3.63, 3.8) is 0 Å². The third-order valence-corrected chi connectivity index (χ3v) is 2.14. The van der Waals surface area contributed by atoms with E-state index in [-0.39, 0.29) is 0 Å². The Morgan fingerprint density at radius 1 is 1.58 bits per heavy atom. The molecule has 0 saturated carbocycles. The van der Waals surface area contributed by atoms with Crippen LogP contribution >= 0.6 is 0 Å². The molecule has 0 spiro atoms. The predicted octanol–water partition coefficient (Wildman–Crippen LogP) is 2.50. The van der Waals surface area contributed by atoms with Gasteiger partial charge in [0.05, 0.1) is 19.5 Å². The zero-order chi connectivity index (χ0) is 8.81. The van der Waals surface area contributed by atoms with E-state index in [9.17, 15) is 0 Å². The molecule has 1 saturated heterocycles. The number of hydrogen-bond donors (Lipinski definition) is 0. The minimum Gasteiger partial charge on any atom is -0.504 e. The zero-order valence-corrected chi connectivity index (χ0v) is 8.01. The summed E-state index contributed by atoms with van der Waals surface area (Å²) in [5.74, 6) is 0. The first-order chi connectivity index (χ1) is 5.83. The maximum atomic E-state index is 5.60. The van der Waals surface area contributed by atoms with Crippen LogP contribution < -0.4 is 0 Å². The van der Waals surface area contributed by atoms with E-state index >= 15 is 0 Å². The summed E-state index contributed by atoms with van der Waals surface area (Å²) in [6.07, 6.45) is 7.00. The highest BCUT2D eigenvalue weighted by Gasteiger charge is 2.13. The molecule has 0 aromatic carbocycles. The SMILES string of the molecule is CO/C=C(\C)CC1CCCCO1. The highest BCUT2D eigenvalue weighted by molar-refractivity contribution is 4.95. The molecule has 0 N–H and O–H groups in total. The topological polar surface area (TPSA) is 18.5 Å². The molecule has 1 rings (SSSR count). The monoisotopic (exact) mass is 170 g/mol. The van der Waals surface area contributed by atoms with Gasteiger partial charge in [-0.25, -0.2) is 0 Å². The first-order valence-electron chi connectivity index (χ1n) is 4.63. The molecule has 2 heteroatoms. The number of ether oxygens (including phenoxy) is 2. The Bertz CT molecular complexity index is 146. The standard InChI is InChI=1S/C10H18O2/c1-9(8-11-2)7-10-5-3-4-6-12-10/h8,10H,3-7H2,1-2H3/b9-8+. The molecule has 0 radical (unpaired) electrons. The summed E-state index contributed by atoms with van der Waals surface area (Å²) in [6, 6.07) is 0. The van der Waals surface area contributed by atoms with Gasteiger partial charge in [0, 0.05) is 6.61 Å². The Balaban J connectivity index is 2.24. The summed E-state index contributed by atoms with van der Waals surface area (Å²) in [6.45, 7) is 3.02. The van der Waals surface area contributed by atoms with Gasteiger partial charge in [-0.2, -0.15) is 0 Å². The minimum absolute atomic E-state index is 0.435. The maximum absolute atomic E-state index is 5.60. The fourth-order valence-electron chi connectivity index (χ4n) is 1.58. The van der Waals surface area contributed by atoms with Crippen LogP contribution in [0.3, 0.4) is 0 Å². The molecule has 0 aliphatic carbocycles. The van der Waals surface area contributed by atoms with E-state index in [0.29, 0.717) is 6.10 Å². The average Bonchev–Trinajstić information content (AvgIpc) is 2.06. The first-order valence-corrected chi connectivity index (χ1v) is 4.63. The highest BCUT2D eigenvalue weighted by atomic mass is 16.5. The lowest BCUT2D eigenvalue weighted by Crippen LogP contribution is -2.19. The summed E-state index contributed by atoms with van der Waals surface area (Å²) in [4.78, 5) is 0. The van der Waals surface area contributed by atoms with E-state index < -0.39 is 0 Å². The fraction of sp³-hybridized carbons (Fsp3) is 0.800. The van der Waals surface area contributed by atoms with Gasteiger partial charge in [0.2, 0.25) is 0 Å². The van der Waals surface area contributed by atoms with Crippen molar-refractivity contribution in [2.75, 3.05) is 13.7 Å². The van der Waals surface area contributed by atoms with Gasteiger partial charge in [0.15, 0.2) is 0 Å². The molecule has 0 bridgehead atoms. The predicted molar refractivity (Wildman–Crippen MR) is 49.0 cm³/mol. The van der Waals surface area contributed by atoms with E-state index in [0.717, 1.165) is 13.0 Å². The smallest absolute Gasteiger partial charge is 0.0814 e. The van der Waals surface area contributed by atoms with Crippen LogP contribution in [0.4, 0.5) is 0 Å². The molecule has 0 aromatic heterocycles. The van der Waals surface area contributed by atoms with Crippen LogP contribution in [0.5, 0.6) is 0 Å². The van der Waals surface area contributed by atoms with Crippen LogP contribution in [0.2, 0.25) is 0 Å². The minimum atomic E-state index is 0.435. The van der Waals surface area contributed by atoms with Gasteiger partial charge in [-0.3, -0.25) is 0 Å². The van der Waals surface area contributed by atoms with Crippen LogP contribution in [0.15, 0.2) is 11.8 Å². The molecule has 1 atom stereocenters. The van der Waals surface area contributed by atoms with Crippen molar-refractivity contribution in [2.45, 2.75) is 38.7 Å². The van der Waals surface area contributed by atoms with E-state index in [1.54, 1.807) is 13.4 Å². The van der Waals surface area contributed by atoms with Crippen LogP contribution in [0.1, 0.15) is 32.6 Å². The van der Waals surface area contributed by atoms with E-state index in [2.05, 4.69) is 6.92 Å². The van der Waals surface area contributed by atoms with Crippen molar-refractivity contribution in [1.82, 2.24) is 0 Å². The van der Waals surface area contributed by atoms with Crippen LogP contribution in [-0.4, -0.2) is 19.8 Å². The largest absolute Gasteiger partial charge is 0.504 e. The summed E-state index contributed by atoms with van der Waals surface area (Å²) in [5.41, 5.74) is 1.27. The van der Waals surface area contributed by atoms with Crippen molar-refractivity contribution in [1.29, 1.82) is 0 Å². The maximum Gasteiger partial charge on any atom is 0.0814 e. The molecule has 12 heavy (non-hydrogen) atoms. The lowest BCUT2D eigenvalue weighted by molar-refractivity contribution is 0.0164. The number of hydrogen-bond acceptors (Lipinski definition) is 2. The molecule has 1 heterocycles. The summed E-state index contributed by atoms with van der Waals surface area (Å²) < 4.78 is 10.5. The normalized spacial score (nSPS) is 25.5. The van der Waals surface area contributed by atoms with Crippen molar-refractivity contribution in [2.24, 2.45) is 0 Å². The van der Waals surface area contributed by atoms with Gasteiger partial charge in [0.1, 0.15) is 0 Å². The fourth-order valence-corrected chi connectivity index (χ4v) is 1.58. The first kappa shape index (κ1) is 9.59. The molecule has 1 unspecified atom stereocenters. The van der Waals surface area contributed by atoms with Crippen molar-refractivity contribution < 1.29 is 9.47 Å². The second-order valence-corrected chi connectivity index (χ2v) is 3.39. The van der Waals surface area contributed by atoms with Gasteiger partial charge < -0.3 is 9.47 Å². The number of rotatable bonds is 3. The van der Waals surface area contributed by atoms with Gasteiger partial charge in [0.25, 0.3) is 0 Å². The molecule has 0 aromatic rings. The number of methoxy groups -OCH3 is 1.